The predicted molar refractivity (Wildman–Crippen MR) is 122 cm³/mol. The van der Waals surface area contributed by atoms with Gasteiger partial charge in [-0.3, -0.25) is 0 Å². The van der Waals surface area contributed by atoms with E-state index in [-0.39, 0.29) is 0 Å². The minimum absolute atomic E-state index is 0.350. The van der Waals surface area contributed by atoms with Crippen LogP contribution in [-0.4, -0.2) is 25.7 Å². The lowest BCUT2D eigenvalue weighted by atomic mass is 10.1. The summed E-state index contributed by atoms with van der Waals surface area (Å²) in [4.78, 5) is 0. The summed E-state index contributed by atoms with van der Waals surface area (Å²) in [6.45, 7) is 4.95. The van der Waals surface area contributed by atoms with Crippen LogP contribution in [0.25, 0.3) is 21.5 Å². The summed E-state index contributed by atoms with van der Waals surface area (Å²) in [5, 5.41) is 15.8. The second kappa shape index (κ2) is 8.77. The molecular weight excluding hydrogens is 342 g/mol. The minimum atomic E-state index is 0.350. The van der Waals surface area contributed by atoms with Gasteiger partial charge in [-0.15, -0.1) is 0 Å². The molecule has 4 aromatic carbocycles. The van der Waals surface area contributed by atoms with E-state index in [1.165, 1.54) is 32.9 Å². The van der Waals surface area contributed by atoms with E-state index < -0.39 is 0 Å². The van der Waals surface area contributed by atoms with E-state index in [9.17, 15) is 0 Å². The second-order valence-electron chi connectivity index (χ2n) is 7.23. The van der Waals surface area contributed by atoms with Crippen LogP contribution in [0.2, 0.25) is 0 Å². The Balaban J connectivity index is 1.26. The molecule has 0 saturated heterocycles. The summed E-state index contributed by atoms with van der Waals surface area (Å²) >= 11 is 0. The maximum Gasteiger partial charge on any atom is 0.0422 e. The first kappa shape index (κ1) is 18.3. The summed E-state index contributed by atoms with van der Waals surface area (Å²) in [5.41, 5.74) is 2.39. The maximum atomic E-state index is 3.63. The molecule has 3 heteroatoms. The van der Waals surface area contributed by atoms with Crippen LogP contribution in [0.5, 0.6) is 0 Å². The van der Waals surface area contributed by atoms with Crippen molar-refractivity contribution in [1.82, 2.24) is 5.32 Å². The standard InChI is InChI=1S/C25H27N3/c1-19(28-25-15-7-11-21-9-3-5-13-23(21)25)18-26-16-17-27-24-14-6-10-20-8-2-4-12-22(20)24/h2-15,19,26-28H,16-18H2,1H3. The zero-order valence-corrected chi connectivity index (χ0v) is 16.3. The van der Waals surface area contributed by atoms with Gasteiger partial charge in [0.2, 0.25) is 0 Å². The lowest BCUT2D eigenvalue weighted by Crippen LogP contribution is -2.33. The quantitative estimate of drug-likeness (QED) is 0.359. The highest BCUT2D eigenvalue weighted by Gasteiger charge is 2.05. The Morgan fingerprint density at radius 3 is 1.93 bits per heavy atom. The van der Waals surface area contributed by atoms with Crippen LogP contribution < -0.4 is 16.0 Å². The zero-order valence-electron chi connectivity index (χ0n) is 16.3. The third-order valence-corrected chi connectivity index (χ3v) is 5.05. The Bertz CT molecular complexity index is 1050. The SMILES string of the molecule is CC(CNCCNc1cccc2ccccc12)Nc1cccc2ccccc12. The van der Waals surface area contributed by atoms with Gasteiger partial charge in [-0.05, 0) is 29.8 Å². The van der Waals surface area contributed by atoms with Gasteiger partial charge >= 0.3 is 0 Å². The Kier molecular flexibility index (Phi) is 5.74. The van der Waals surface area contributed by atoms with E-state index in [1.807, 2.05) is 0 Å². The Labute approximate surface area is 166 Å². The molecule has 1 unspecified atom stereocenters. The lowest BCUT2D eigenvalue weighted by Gasteiger charge is -2.18. The monoisotopic (exact) mass is 369 g/mol. The van der Waals surface area contributed by atoms with Gasteiger partial charge < -0.3 is 16.0 Å². The normalized spacial score (nSPS) is 12.2. The molecule has 0 radical (unpaired) electrons. The van der Waals surface area contributed by atoms with Crippen LogP contribution in [-0.2, 0) is 0 Å². The van der Waals surface area contributed by atoms with Crippen LogP contribution >= 0.6 is 0 Å². The van der Waals surface area contributed by atoms with E-state index in [4.69, 9.17) is 0 Å². The van der Waals surface area contributed by atoms with E-state index >= 15 is 0 Å². The first-order valence-electron chi connectivity index (χ1n) is 9.98. The largest absolute Gasteiger partial charge is 0.383 e. The fourth-order valence-corrected chi connectivity index (χ4v) is 3.65. The van der Waals surface area contributed by atoms with Gasteiger partial charge in [-0.1, -0.05) is 72.8 Å². The van der Waals surface area contributed by atoms with Gasteiger partial charge in [0.25, 0.3) is 0 Å². The number of benzene rings is 4. The molecule has 3 N–H and O–H groups in total. The molecular formula is C25H27N3. The lowest BCUT2D eigenvalue weighted by molar-refractivity contribution is 0.643. The molecule has 4 aromatic rings. The summed E-state index contributed by atoms with van der Waals surface area (Å²) in [7, 11) is 0. The fraction of sp³-hybridized carbons (Fsp3) is 0.200. The number of rotatable bonds is 8. The van der Waals surface area contributed by atoms with E-state index in [1.54, 1.807) is 0 Å². The number of hydrogen-bond acceptors (Lipinski definition) is 3. The predicted octanol–water partition coefficient (Wildman–Crippen LogP) is 5.50. The highest BCUT2D eigenvalue weighted by atomic mass is 15.0. The molecule has 0 spiro atoms. The van der Waals surface area contributed by atoms with Crippen LogP contribution in [0.4, 0.5) is 11.4 Å². The molecule has 0 aromatic heterocycles. The smallest absolute Gasteiger partial charge is 0.0422 e. The van der Waals surface area contributed by atoms with Gasteiger partial charge in [0.15, 0.2) is 0 Å². The molecule has 0 aliphatic carbocycles. The highest BCUT2D eigenvalue weighted by molar-refractivity contribution is 5.94. The third kappa shape index (κ3) is 4.26. The van der Waals surface area contributed by atoms with Crippen molar-refractivity contribution in [1.29, 1.82) is 0 Å². The van der Waals surface area contributed by atoms with Crippen molar-refractivity contribution in [2.75, 3.05) is 30.3 Å². The van der Waals surface area contributed by atoms with E-state index in [2.05, 4.69) is 108 Å². The number of hydrogen-bond donors (Lipinski definition) is 3. The topological polar surface area (TPSA) is 36.1 Å². The molecule has 0 fully saturated rings. The molecule has 0 amide bonds. The molecule has 0 heterocycles. The summed E-state index contributed by atoms with van der Waals surface area (Å²) < 4.78 is 0. The number of anilines is 2. The van der Waals surface area contributed by atoms with Gasteiger partial charge in [-0.25, -0.2) is 0 Å². The first-order valence-corrected chi connectivity index (χ1v) is 9.98. The molecule has 28 heavy (non-hydrogen) atoms. The average Bonchev–Trinajstić information content (AvgIpc) is 2.74. The van der Waals surface area contributed by atoms with Crippen LogP contribution in [0.15, 0.2) is 84.9 Å². The fourth-order valence-electron chi connectivity index (χ4n) is 3.65. The molecule has 0 aliphatic rings. The maximum absolute atomic E-state index is 3.63. The Morgan fingerprint density at radius 2 is 1.21 bits per heavy atom. The third-order valence-electron chi connectivity index (χ3n) is 5.05. The second-order valence-corrected chi connectivity index (χ2v) is 7.23. The van der Waals surface area contributed by atoms with Crippen LogP contribution in [0.1, 0.15) is 6.92 Å². The van der Waals surface area contributed by atoms with Crippen molar-refractivity contribution in [3.8, 4) is 0 Å². The van der Waals surface area contributed by atoms with Crippen molar-refractivity contribution in [2.24, 2.45) is 0 Å². The van der Waals surface area contributed by atoms with Crippen molar-refractivity contribution in [3.63, 3.8) is 0 Å². The number of fused-ring (bicyclic) bond motifs is 2. The molecule has 142 valence electrons. The number of nitrogens with one attached hydrogen (secondary N) is 3. The van der Waals surface area contributed by atoms with E-state index in [0.717, 1.165) is 19.6 Å². The van der Waals surface area contributed by atoms with Gasteiger partial charge in [0.1, 0.15) is 0 Å². The Morgan fingerprint density at radius 1 is 0.643 bits per heavy atom. The van der Waals surface area contributed by atoms with Crippen molar-refractivity contribution in [2.45, 2.75) is 13.0 Å². The molecule has 1 atom stereocenters. The molecule has 0 aliphatic heterocycles. The van der Waals surface area contributed by atoms with Crippen LogP contribution in [0.3, 0.4) is 0 Å². The summed E-state index contributed by atoms with van der Waals surface area (Å²) in [6, 6.07) is 30.2. The van der Waals surface area contributed by atoms with E-state index in [0.29, 0.717) is 6.04 Å². The molecule has 0 bridgehead atoms. The molecule has 3 nitrogen and oxygen atoms in total. The van der Waals surface area contributed by atoms with Crippen LogP contribution in [0, 0.1) is 0 Å². The molecule has 4 rings (SSSR count). The highest BCUT2D eigenvalue weighted by Crippen LogP contribution is 2.24. The first-order chi connectivity index (χ1) is 13.8. The average molecular weight is 370 g/mol. The van der Waals surface area contributed by atoms with Gasteiger partial charge in [0.05, 0.1) is 0 Å². The van der Waals surface area contributed by atoms with Crippen molar-refractivity contribution in [3.05, 3.63) is 84.9 Å². The zero-order chi connectivity index (χ0) is 19.2. The summed E-state index contributed by atoms with van der Waals surface area (Å²) in [5.74, 6) is 0. The van der Waals surface area contributed by atoms with Gasteiger partial charge in [0, 0.05) is 47.8 Å². The van der Waals surface area contributed by atoms with Gasteiger partial charge in [-0.2, -0.15) is 0 Å². The summed E-state index contributed by atoms with van der Waals surface area (Å²) in [6.07, 6.45) is 0. The molecule has 0 saturated carbocycles. The van der Waals surface area contributed by atoms with Crippen molar-refractivity contribution >= 4 is 32.9 Å². The Hall–Kier alpha value is -3.04. The van der Waals surface area contributed by atoms with Crippen molar-refractivity contribution < 1.29 is 0 Å². The minimum Gasteiger partial charge on any atom is -0.383 e.